The smallest absolute Gasteiger partial charge is 0.141 e. The van der Waals surface area contributed by atoms with E-state index in [1.165, 1.54) is 0 Å². The minimum Gasteiger partial charge on any atom is -0.400 e. The first-order valence-electron chi connectivity index (χ1n) is 3.08. The van der Waals surface area contributed by atoms with Crippen LogP contribution in [-0.4, -0.2) is 31.5 Å². The third kappa shape index (κ3) is 0.760. The first-order valence-corrected chi connectivity index (χ1v) is 3.08. The number of aliphatic hydroxyl groups is 1. The zero-order chi connectivity index (χ0) is 6.20. The Labute approximate surface area is 50.7 Å². The summed E-state index contributed by atoms with van der Waals surface area (Å²) in [4.78, 5) is 0. The monoisotopic (exact) mass is 113 g/mol. The summed E-state index contributed by atoms with van der Waals surface area (Å²) in [5.41, 5.74) is 0.0972. The minimum atomic E-state index is -0.188. The van der Waals surface area contributed by atoms with E-state index in [1.54, 1.807) is 0 Å². The maximum atomic E-state index is 9.08. The largest absolute Gasteiger partial charge is 0.400 e. The quantitative estimate of drug-likeness (QED) is 0.436. The summed E-state index contributed by atoms with van der Waals surface area (Å²) in [5, 5.41) is 12.2. The van der Waals surface area contributed by atoms with Crippen molar-refractivity contribution in [1.82, 2.24) is 5.32 Å². The van der Waals surface area contributed by atoms with Crippen molar-refractivity contribution in [1.29, 1.82) is 0 Å². The van der Waals surface area contributed by atoms with Crippen LogP contribution in [-0.2, 0) is 0 Å². The summed E-state index contributed by atoms with van der Waals surface area (Å²) in [6.07, 6.45) is 2.25. The zero-order valence-corrected chi connectivity index (χ0v) is 5.44. The summed E-state index contributed by atoms with van der Waals surface area (Å²) >= 11 is 0. The van der Waals surface area contributed by atoms with Crippen LogP contribution >= 0.6 is 0 Å². The molecule has 8 heavy (non-hydrogen) atoms. The van der Waals surface area contributed by atoms with Gasteiger partial charge in [0.15, 0.2) is 0 Å². The van der Waals surface area contributed by atoms with Gasteiger partial charge in [-0.2, -0.15) is 0 Å². The second kappa shape index (κ2) is 1.74. The van der Waals surface area contributed by atoms with Crippen molar-refractivity contribution in [2.75, 3.05) is 7.05 Å². The molecule has 2 nitrogen and oxygen atoms in total. The van der Waals surface area contributed by atoms with Gasteiger partial charge >= 0.3 is 0 Å². The van der Waals surface area contributed by atoms with E-state index in [0.29, 0.717) is 0 Å². The first-order chi connectivity index (χ1) is 3.71. The molecule has 0 aromatic carbocycles. The van der Waals surface area contributed by atoms with E-state index in [2.05, 4.69) is 5.32 Å². The van der Waals surface area contributed by atoms with E-state index in [1.807, 2.05) is 14.9 Å². The normalized spacial score (nSPS) is 27.2. The highest BCUT2D eigenvalue weighted by atomic mass is 16.3. The maximum Gasteiger partial charge on any atom is 0.141 e. The molecule has 1 saturated carbocycles. The van der Waals surface area contributed by atoms with Crippen LogP contribution in [0.15, 0.2) is 0 Å². The number of hydrogen-bond donors (Lipinski definition) is 2. The van der Waals surface area contributed by atoms with Gasteiger partial charge in [0.05, 0.1) is 0 Å². The van der Waals surface area contributed by atoms with Crippen LogP contribution < -0.4 is 5.32 Å². The number of nitrogens with one attached hydrogen (secondary N) is 1. The molecule has 0 heterocycles. The van der Waals surface area contributed by atoms with Crippen molar-refractivity contribution in [2.45, 2.75) is 24.4 Å². The molecule has 0 aromatic rings. The zero-order valence-electron chi connectivity index (χ0n) is 5.44. The first kappa shape index (κ1) is 6.11. The summed E-state index contributed by atoms with van der Waals surface area (Å²) in [5.74, 6) is 0. The molecule has 0 saturated heterocycles. The number of hydrogen-bond acceptors (Lipinski definition) is 2. The molecule has 0 spiro atoms. The fraction of sp³-hybridized carbons (Fsp3) is 1.00. The highest BCUT2D eigenvalue weighted by Crippen LogP contribution is 2.36. The Balaban J connectivity index is 2.41. The van der Waals surface area contributed by atoms with Crippen molar-refractivity contribution in [3.05, 3.63) is 0 Å². The third-order valence-electron chi connectivity index (χ3n) is 2.09. The molecule has 0 aliphatic heterocycles. The topological polar surface area (TPSA) is 32.3 Å². The van der Waals surface area contributed by atoms with E-state index in [4.69, 9.17) is 5.11 Å². The predicted octanol–water partition coefficient (Wildman–Crippen LogP) is -1.31. The molecule has 0 radical (unpaired) electrons. The van der Waals surface area contributed by atoms with Gasteiger partial charge in [-0.1, -0.05) is 0 Å². The van der Waals surface area contributed by atoms with Crippen LogP contribution in [0.4, 0.5) is 0 Å². The second-order valence-corrected chi connectivity index (χ2v) is 2.58. The van der Waals surface area contributed by atoms with Gasteiger partial charge in [-0.25, -0.2) is 0 Å². The molecule has 1 fully saturated rings. The van der Waals surface area contributed by atoms with E-state index >= 15 is 0 Å². The molecular weight excluding hydrogens is 101 g/mol. The fourth-order valence-corrected chi connectivity index (χ4v) is 1.01. The summed E-state index contributed by atoms with van der Waals surface area (Å²) in [7, 11) is 3.74. The van der Waals surface area contributed by atoms with E-state index in [-0.39, 0.29) is 11.5 Å². The highest BCUT2D eigenvalue weighted by Gasteiger charge is 2.44. The molecule has 1 aliphatic rings. The van der Waals surface area contributed by atoms with Crippen LogP contribution in [0, 0.1) is 0 Å². The number of rotatable bonds is 2. The van der Waals surface area contributed by atoms with Gasteiger partial charge in [-0.15, -0.1) is 0 Å². The Kier molecular flexibility index (Phi) is 1.33. The molecule has 0 bridgehead atoms. The van der Waals surface area contributed by atoms with E-state index < -0.39 is 0 Å². The van der Waals surface area contributed by atoms with Crippen molar-refractivity contribution in [3.8, 4) is 0 Å². The average Bonchev–Trinajstić information content (AvgIpc) is 2.44. The highest BCUT2D eigenvalue weighted by molar-refractivity contribution is 6.12. The fourth-order valence-electron chi connectivity index (χ4n) is 1.01. The summed E-state index contributed by atoms with van der Waals surface area (Å²) in [6, 6.07) is -0.188. The number of aliphatic hydroxyl groups excluding tert-OH is 1. The van der Waals surface area contributed by atoms with Gasteiger partial charge in [-0.05, 0) is 19.9 Å². The lowest BCUT2D eigenvalue weighted by atomic mass is 9.90. The van der Waals surface area contributed by atoms with Crippen LogP contribution in [0.25, 0.3) is 0 Å². The van der Waals surface area contributed by atoms with Gasteiger partial charge in [0.2, 0.25) is 0 Å². The van der Waals surface area contributed by atoms with Gasteiger partial charge in [0.25, 0.3) is 0 Å². The molecule has 46 valence electrons. The standard InChI is InChI=1S/C5H12BNO/c1-7-5(2-3-5)4(6)8/h4,7-8H,2-3,6H2,1H3. The molecule has 0 amide bonds. The van der Waals surface area contributed by atoms with Crippen LogP contribution in [0.1, 0.15) is 12.8 Å². The van der Waals surface area contributed by atoms with Crippen molar-refractivity contribution in [3.63, 3.8) is 0 Å². The third-order valence-corrected chi connectivity index (χ3v) is 2.09. The second-order valence-electron chi connectivity index (χ2n) is 2.58. The minimum absolute atomic E-state index is 0.0972. The van der Waals surface area contributed by atoms with Gasteiger partial charge in [0, 0.05) is 11.5 Å². The molecule has 1 atom stereocenters. The average molecular weight is 113 g/mol. The molecule has 1 rings (SSSR count). The molecule has 1 unspecified atom stereocenters. The lowest BCUT2D eigenvalue weighted by Gasteiger charge is -2.16. The van der Waals surface area contributed by atoms with Crippen LogP contribution in [0.5, 0.6) is 0 Å². The van der Waals surface area contributed by atoms with Crippen molar-refractivity contribution in [2.24, 2.45) is 0 Å². The number of likely N-dealkylation sites (N-methyl/N-ethyl adjacent to an activating group) is 1. The predicted molar refractivity (Wildman–Crippen MR) is 35.6 cm³/mol. The Bertz CT molecular complexity index is 90.4. The van der Waals surface area contributed by atoms with Gasteiger partial charge < -0.3 is 10.4 Å². The van der Waals surface area contributed by atoms with Crippen LogP contribution in [0.2, 0.25) is 0 Å². The van der Waals surface area contributed by atoms with E-state index in [0.717, 1.165) is 12.8 Å². The van der Waals surface area contributed by atoms with Gasteiger partial charge in [0.1, 0.15) is 7.85 Å². The van der Waals surface area contributed by atoms with E-state index in [9.17, 15) is 0 Å². The summed E-state index contributed by atoms with van der Waals surface area (Å²) in [6.45, 7) is 0. The molecule has 1 aliphatic carbocycles. The van der Waals surface area contributed by atoms with Crippen molar-refractivity contribution >= 4 is 7.85 Å². The lowest BCUT2D eigenvalue weighted by molar-refractivity contribution is 0.195. The molecule has 2 N–H and O–H groups in total. The molecule has 3 heteroatoms. The Morgan fingerprint density at radius 2 is 2.25 bits per heavy atom. The van der Waals surface area contributed by atoms with Gasteiger partial charge in [-0.3, -0.25) is 0 Å². The lowest BCUT2D eigenvalue weighted by Crippen LogP contribution is -2.40. The Morgan fingerprint density at radius 3 is 2.25 bits per heavy atom. The molecular formula is C5H12BNO. The summed E-state index contributed by atoms with van der Waals surface area (Å²) < 4.78 is 0. The Morgan fingerprint density at radius 1 is 1.75 bits per heavy atom. The maximum absolute atomic E-state index is 9.08. The van der Waals surface area contributed by atoms with Crippen molar-refractivity contribution < 1.29 is 5.11 Å². The van der Waals surface area contributed by atoms with Crippen LogP contribution in [0.3, 0.4) is 0 Å². The molecule has 0 aromatic heterocycles. The SMILES string of the molecule is BC(O)C1(NC)CC1. The Hall–Kier alpha value is -0.0151.